The van der Waals surface area contributed by atoms with E-state index in [0.717, 1.165) is 27.7 Å². The van der Waals surface area contributed by atoms with E-state index in [1.807, 2.05) is 78.9 Å². The number of nitrogens with zero attached hydrogens (tertiary/aromatic N) is 2. The molecule has 0 unspecified atom stereocenters. The number of anilines is 2. The Balaban J connectivity index is 1.69. The number of benzene rings is 3. The fourth-order valence-corrected chi connectivity index (χ4v) is 4.04. The van der Waals surface area contributed by atoms with E-state index in [1.165, 1.54) is 0 Å². The monoisotopic (exact) mass is 366 g/mol. The van der Waals surface area contributed by atoms with Gasteiger partial charge in [-0.2, -0.15) is 0 Å². The first kappa shape index (κ1) is 16.7. The highest BCUT2D eigenvalue weighted by Gasteiger charge is 2.50. The van der Waals surface area contributed by atoms with Gasteiger partial charge in [0, 0.05) is 29.8 Å². The molecule has 1 N–H and O–H groups in total. The fourth-order valence-electron chi connectivity index (χ4n) is 4.04. The molecule has 4 aromatic rings. The average Bonchev–Trinajstić information content (AvgIpc) is 2.96. The summed E-state index contributed by atoms with van der Waals surface area (Å²) in [7, 11) is 0. The number of aromatic nitrogens is 1. The predicted octanol–water partition coefficient (Wildman–Crippen LogP) is 4.34. The lowest BCUT2D eigenvalue weighted by molar-refractivity contribution is -0.135. The minimum Gasteiger partial charge on any atom is -0.375 e. The molecule has 1 atom stereocenters. The second kappa shape index (κ2) is 6.29. The maximum atomic E-state index is 13.6. The maximum Gasteiger partial charge on any atom is 0.268 e. The summed E-state index contributed by atoms with van der Waals surface area (Å²) in [4.78, 5) is 19.3. The van der Waals surface area contributed by atoms with Crippen LogP contribution in [0.25, 0.3) is 10.8 Å². The molecule has 3 aromatic carbocycles. The first-order valence-electron chi connectivity index (χ1n) is 9.21. The normalized spacial score (nSPS) is 18.5. The molecule has 4 heteroatoms. The molecule has 4 nitrogen and oxygen atoms in total. The van der Waals surface area contributed by atoms with Gasteiger partial charge in [0.25, 0.3) is 5.91 Å². The molecule has 2 heterocycles. The van der Waals surface area contributed by atoms with Crippen LogP contribution >= 0.6 is 0 Å². The van der Waals surface area contributed by atoms with Gasteiger partial charge in [0.15, 0.2) is 5.60 Å². The van der Waals surface area contributed by atoms with Gasteiger partial charge in [-0.05, 0) is 35.2 Å². The number of para-hydroxylation sites is 1. The average molecular weight is 366 g/mol. The van der Waals surface area contributed by atoms with E-state index in [-0.39, 0.29) is 12.3 Å². The molecule has 1 aliphatic rings. The second-order valence-corrected chi connectivity index (χ2v) is 7.05. The standard InChI is InChI=1S/C24H18N2O2/c27-23-24(28,16-17-12-14-25-15-13-17)20-9-3-4-10-22(20)26(23)21-11-5-7-18-6-1-2-8-19(18)21/h1-15,28H,16H2/t24-/m0/s1. The van der Waals surface area contributed by atoms with Crippen molar-refractivity contribution >= 4 is 28.1 Å². The van der Waals surface area contributed by atoms with Crippen molar-refractivity contribution in [3.05, 3.63) is 102 Å². The van der Waals surface area contributed by atoms with E-state index in [2.05, 4.69) is 4.98 Å². The molecule has 1 aromatic heterocycles. The molecule has 1 amide bonds. The number of aliphatic hydroxyl groups is 1. The van der Waals surface area contributed by atoms with Gasteiger partial charge in [0.05, 0.1) is 11.4 Å². The molecule has 136 valence electrons. The highest BCUT2D eigenvalue weighted by atomic mass is 16.3. The van der Waals surface area contributed by atoms with Crippen LogP contribution < -0.4 is 4.90 Å². The molecule has 0 spiro atoms. The molecule has 0 bridgehead atoms. The number of carbonyl (C=O) groups is 1. The second-order valence-electron chi connectivity index (χ2n) is 7.05. The van der Waals surface area contributed by atoms with Crippen molar-refractivity contribution in [3.63, 3.8) is 0 Å². The van der Waals surface area contributed by atoms with Gasteiger partial charge >= 0.3 is 0 Å². The van der Waals surface area contributed by atoms with Gasteiger partial charge in [-0.1, -0.05) is 54.6 Å². The van der Waals surface area contributed by atoms with Crippen LogP contribution in [0.1, 0.15) is 11.1 Å². The summed E-state index contributed by atoms with van der Waals surface area (Å²) in [5, 5.41) is 13.6. The summed E-state index contributed by atoms with van der Waals surface area (Å²) in [6.07, 6.45) is 3.55. The van der Waals surface area contributed by atoms with Crippen LogP contribution in [-0.4, -0.2) is 16.0 Å². The number of fused-ring (bicyclic) bond motifs is 2. The van der Waals surface area contributed by atoms with E-state index in [4.69, 9.17) is 0 Å². The van der Waals surface area contributed by atoms with E-state index in [9.17, 15) is 9.90 Å². The Labute approximate surface area is 162 Å². The Morgan fingerprint density at radius 2 is 1.50 bits per heavy atom. The van der Waals surface area contributed by atoms with Gasteiger partial charge in [0.2, 0.25) is 0 Å². The van der Waals surface area contributed by atoms with Gasteiger partial charge in [-0.25, -0.2) is 0 Å². The minimum atomic E-state index is -1.62. The number of pyridine rings is 1. The third-order valence-corrected chi connectivity index (χ3v) is 5.36. The zero-order chi connectivity index (χ0) is 19.1. The number of amides is 1. The summed E-state index contributed by atoms with van der Waals surface area (Å²) in [5.74, 6) is -0.332. The first-order valence-corrected chi connectivity index (χ1v) is 9.21. The van der Waals surface area contributed by atoms with Crippen molar-refractivity contribution < 1.29 is 9.90 Å². The summed E-state index contributed by atoms with van der Waals surface area (Å²) in [6, 6.07) is 25.0. The molecule has 1 aliphatic heterocycles. The Morgan fingerprint density at radius 3 is 2.36 bits per heavy atom. The lowest BCUT2D eigenvalue weighted by Crippen LogP contribution is -2.40. The Kier molecular flexibility index (Phi) is 3.74. The van der Waals surface area contributed by atoms with Crippen LogP contribution in [0.15, 0.2) is 91.3 Å². The van der Waals surface area contributed by atoms with Gasteiger partial charge in [-0.3, -0.25) is 14.7 Å². The van der Waals surface area contributed by atoms with Crippen LogP contribution in [0.5, 0.6) is 0 Å². The number of hydrogen-bond acceptors (Lipinski definition) is 3. The number of hydrogen-bond donors (Lipinski definition) is 1. The summed E-state index contributed by atoms with van der Waals surface area (Å²) in [5.41, 5.74) is 1.38. The van der Waals surface area contributed by atoms with E-state index >= 15 is 0 Å². The molecule has 0 saturated carbocycles. The maximum absolute atomic E-state index is 13.6. The first-order chi connectivity index (χ1) is 13.7. The molecular weight excluding hydrogens is 348 g/mol. The van der Waals surface area contributed by atoms with Crippen LogP contribution in [-0.2, 0) is 16.8 Å². The van der Waals surface area contributed by atoms with Crippen molar-refractivity contribution in [2.75, 3.05) is 4.90 Å². The lowest BCUT2D eigenvalue weighted by atomic mass is 9.89. The summed E-state index contributed by atoms with van der Waals surface area (Å²) in [6.45, 7) is 0. The largest absolute Gasteiger partial charge is 0.375 e. The minimum absolute atomic E-state index is 0.201. The molecular formula is C24H18N2O2. The van der Waals surface area contributed by atoms with Crippen LogP contribution in [0, 0.1) is 0 Å². The quantitative estimate of drug-likeness (QED) is 0.587. The van der Waals surface area contributed by atoms with Crippen LogP contribution in [0.4, 0.5) is 11.4 Å². The van der Waals surface area contributed by atoms with Crippen molar-refractivity contribution in [1.82, 2.24) is 4.98 Å². The Hall–Kier alpha value is -3.50. The smallest absolute Gasteiger partial charge is 0.268 e. The molecule has 5 rings (SSSR count). The van der Waals surface area contributed by atoms with E-state index < -0.39 is 5.60 Å². The highest BCUT2D eigenvalue weighted by molar-refractivity contribution is 6.16. The number of carbonyl (C=O) groups excluding carboxylic acids is 1. The third kappa shape index (κ3) is 2.42. The highest BCUT2D eigenvalue weighted by Crippen LogP contribution is 2.47. The zero-order valence-corrected chi connectivity index (χ0v) is 15.1. The van der Waals surface area contributed by atoms with Crippen LogP contribution in [0.3, 0.4) is 0 Å². The Bertz CT molecular complexity index is 1180. The molecule has 0 radical (unpaired) electrons. The topological polar surface area (TPSA) is 53.4 Å². The van der Waals surface area contributed by atoms with Gasteiger partial charge in [0.1, 0.15) is 0 Å². The zero-order valence-electron chi connectivity index (χ0n) is 15.1. The fraction of sp³-hybridized carbons (Fsp3) is 0.0833. The van der Waals surface area contributed by atoms with Crippen molar-refractivity contribution in [2.24, 2.45) is 0 Å². The van der Waals surface area contributed by atoms with E-state index in [0.29, 0.717) is 5.56 Å². The van der Waals surface area contributed by atoms with E-state index in [1.54, 1.807) is 17.3 Å². The molecule has 0 aliphatic carbocycles. The Morgan fingerprint density at radius 1 is 0.821 bits per heavy atom. The number of rotatable bonds is 3. The summed E-state index contributed by atoms with van der Waals surface area (Å²) < 4.78 is 0. The molecule has 0 fully saturated rings. The van der Waals surface area contributed by atoms with Crippen molar-refractivity contribution in [1.29, 1.82) is 0 Å². The van der Waals surface area contributed by atoms with Gasteiger partial charge < -0.3 is 5.11 Å². The van der Waals surface area contributed by atoms with Crippen molar-refractivity contribution in [3.8, 4) is 0 Å². The molecule has 0 saturated heterocycles. The third-order valence-electron chi connectivity index (χ3n) is 5.36. The summed E-state index contributed by atoms with van der Waals surface area (Å²) >= 11 is 0. The van der Waals surface area contributed by atoms with Gasteiger partial charge in [-0.15, -0.1) is 0 Å². The van der Waals surface area contributed by atoms with Crippen LogP contribution in [0.2, 0.25) is 0 Å². The van der Waals surface area contributed by atoms with Crippen molar-refractivity contribution in [2.45, 2.75) is 12.0 Å². The molecule has 28 heavy (non-hydrogen) atoms. The predicted molar refractivity (Wildman–Crippen MR) is 109 cm³/mol. The SMILES string of the molecule is O=C1N(c2cccc3ccccc23)c2ccccc2[C@@]1(O)Cc1ccncc1. The lowest BCUT2D eigenvalue weighted by Gasteiger charge is -2.24.